The second kappa shape index (κ2) is 11.7. The third kappa shape index (κ3) is 5.31. The molecule has 6 heteroatoms. The molecule has 0 radical (unpaired) electrons. The fourth-order valence-electron chi connectivity index (χ4n) is 6.11. The number of carbonyl (C=O) groups is 2. The van der Waals surface area contributed by atoms with E-state index in [9.17, 15) is 9.59 Å². The molecule has 2 aromatic rings. The number of nitrogens with one attached hydrogen (secondary N) is 2. The van der Waals surface area contributed by atoms with Crippen molar-refractivity contribution in [2.45, 2.75) is 64.5 Å². The lowest BCUT2D eigenvalue weighted by Gasteiger charge is -2.31. The van der Waals surface area contributed by atoms with Gasteiger partial charge in [-0.15, -0.1) is 0 Å². The Morgan fingerprint density at radius 2 is 1.37 bits per heavy atom. The highest BCUT2D eigenvalue weighted by molar-refractivity contribution is 6.04. The molecule has 2 atom stereocenters. The summed E-state index contributed by atoms with van der Waals surface area (Å²) in [6.07, 6.45) is 14.3. The SMILES string of the molecule is CNC(=O)C(C)N1C(=CC=CC=CC=CC2=[N+](C(C)C(=O)NC)c3ccccc3C2(C)C)C(C)(C)c2ccccc21. The zero-order valence-electron chi connectivity index (χ0n) is 25.5. The van der Waals surface area contributed by atoms with Gasteiger partial charge in [0.25, 0.3) is 5.91 Å². The van der Waals surface area contributed by atoms with Crippen LogP contribution in [0.1, 0.15) is 52.7 Å². The number of allylic oxidation sites excluding steroid dienone is 8. The van der Waals surface area contributed by atoms with Crippen LogP contribution in [0.4, 0.5) is 11.4 Å². The van der Waals surface area contributed by atoms with Crippen LogP contribution in [0.2, 0.25) is 0 Å². The number of benzene rings is 2. The molecule has 0 bridgehead atoms. The third-order valence-corrected chi connectivity index (χ3v) is 8.45. The van der Waals surface area contributed by atoms with Crippen molar-refractivity contribution >= 4 is 28.9 Å². The van der Waals surface area contributed by atoms with Crippen molar-refractivity contribution in [1.82, 2.24) is 10.6 Å². The van der Waals surface area contributed by atoms with E-state index < -0.39 is 0 Å². The molecule has 0 aromatic heterocycles. The average molecular weight is 552 g/mol. The van der Waals surface area contributed by atoms with E-state index in [0.717, 1.165) is 22.8 Å². The highest BCUT2D eigenvalue weighted by Crippen LogP contribution is 2.48. The lowest BCUT2D eigenvalue weighted by atomic mass is 9.81. The summed E-state index contributed by atoms with van der Waals surface area (Å²) in [5.41, 5.74) is 6.24. The van der Waals surface area contributed by atoms with Crippen molar-refractivity contribution in [3.8, 4) is 0 Å². The predicted octanol–water partition coefficient (Wildman–Crippen LogP) is 5.68. The Morgan fingerprint density at radius 3 is 2.05 bits per heavy atom. The van der Waals surface area contributed by atoms with Gasteiger partial charge in [0.2, 0.25) is 17.6 Å². The largest absolute Gasteiger partial charge is 0.357 e. The number of anilines is 1. The van der Waals surface area contributed by atoms with Gasteiger partial charge < -0.3 is 15.5 Å². The molecule has 2 aliphatic rings. The van der Waals surface area contributed by atoms with Crippen molar-refractivity contribution < 1.29 is 14.2 Å². The van der Waals surface area contributed by atoms with Gasteiger partial charge in [0, 0.05) is 55.5 Å². The zero-order chi connectivity index (χ0) is 29.9. The van der Waals surface area contributed by atoms with E-state index in [0.29, 0.717) is 0 Å². The van der Waals surface area contributed by atoms with Crippen LogP contribution in [0.5, 0.6) is 0 Å². The second-order valence-corrected chi connectivity index (χ2v) is 11.7. The molecular weight excluding hydrogens is 508 g/mol. The molecule has 2 N–H and O–H groups in total. The molecule has 41 heavy (non-hydrogen) atoms. The van der Waals surface area contributed by atoms with Crippen LogP contribution in [-0.2, 0) is 20.4 Å². The summed E-state index contributed by atoms with van der Waals surface area (Å²) in [6, 6.07) is 15.9. The van der Waals surface area contributed by atoms with Crippen molar-refractivity contribution in [1.29, 1.82) is 0 Å². The summed E-state index contributed by atoms with van der Waals surface area (Å²) in [5, 5.41) is 5.59. The number of hydrogen-bond donors (Lipinski definition) is 2. The van der Waals surface area contributed by atoms with E-state index in [2.05, 4.69) is 96.4 Å². The van der Waals surface area contributed by atoms with Crippen LogP contribution < -0.4 is 15.5 Å². The van der Waals surface area contributed by atoms with Crippen molar-refractivity contribution in [2.24, 2.45) is 0 Å². The monoisotopic (exact) mass is 551 g/mol. The molecule has 2 aliphatic heterocycles. The topological polar surface area (TPSA) is 64.5 Å². The molecule has 4 rings (SSSR count). The first-order chi connectivity index (χ1) is 19.5. The van der Waals surface area contributed by atoms with Crippen LogP contribution in [0.15, 0.2) is 96.8 Å². The first kappa shape index (κ1) is 29.8. The van der Waals surface area contributed by atoms with Crippen molar-refractivity contribution in [3.05, 3.63) is 108 Å². The highest BCUT2D eigenvalue weighted by Gasteiger charge is 2.47. The average Bonchev–Trinajstić information content (AvgIpc) is 3.34. The Labute approximate surface area is 244 Å². The minimum Gasteiger partial charge on any atom is -0.357 e. The third-order valence-electron chi connectivity index (χ3n) is 8.45. The first-order valence-electron chi connectivity index (χ1n) is 14.3. The van der Waals surface area contributed by atoms with E-state index >= 15 is 0 Å². The van der Waals surface area contributed by atoms with Gasteiger partial charge in [0.05, 0.1) is 5.41 Å². The smallest absolute Gasteiger partial charge is 0.288 e. The van der Waals surface area contributed by atoms with Gasteiger partial charge in [-0.1, -0.05) is 80.6 Å². The molecule has 0 saturated heterocycles. The van der Waals surface area contributed by atoms with Crippen molar-refractivity contribution in [2.75, 3.05) is 19.0 Å². The van der Waals surface area contributed by atoms with E-state index in [1.54, 1.807) is 14.1 Å². The van der Waals surface area contributed by atoms with Crippen LogP contribution in [0.25, 0.3) is 0 Å². The number of rotatable bonds is 8. The molecule has 2 unspecified atom stereocenters. The number of fused-ring (bicyclic) bond motifs is 2. The Hall–Kier alpha value is -4.19. The summed E-state index contributed by atoms with van der Waals surface area (Å²) < 4.78 is 2.14. The fourth-order valence-corrected chi connectivity index (χ4v) is 6.11. The minimum absolute atomic E-state index is 0.0216. The summed E-state index contributed by atoms with van der Waals surface area (Å²) in [5.74, 6) is -0.0432. The van der Waals surface area contributed by atoms with Gasteiger partial charge >= 0.3 is 0 Å². The van der Waals surface area contributed by atoms with Crippen LogP contribution in [0.3, 0.4) is 0 Å². The summed E-state index contributed by atoms with van der Waals surface area (Å²) in [4.78, 5) is 27.4. The van der Waals surface area contributed by atoms with E-state index in [1.807, 2.05) is 56.4 Å². The number of likely N-dealkylation sites (N-methyl/N-ethyl adjacent to an activating group) is 2. The first-order valence-corrected chi connectivity index (χ1v) is 14.3. The fraction of sp³-hybridized carbons (Fsp3) is 0.343. The number of carbonyl (C=O) groups excluding carboxylic acids is 2. The van der Waals surface area contributed by atoms with E-state index in [1.165, 1.54) is 11.1 Å². The Balaban J connectivity index is 1.60. The van der Waals surface area contributed by atoms with Crippen molar-refractivity contribution in [3.63, 3.8) is 0 Å². The lowest BCUT2D eigenvalue weighted by Crippen LogP contribution is -2.43. The van der Waals surface area contributed by atoms with Gasteiger partial charge in [-0.3, -0.25) is 9.59 Å². The maximum absolute atomic E-state index is 12.6. The lowest BCUT2D eigenvalue weighted by molar-refractivity contribution is -0.463. The standard InChI is InChI=1S/C35H42N4O2/c1-24(32(40)36-7)38-28-20-16-14-18-26(28)34(3,4)30(38)22-12-10-9-11-13-23-31-35(5,6)27-19-15-17-21-29(27)39(31)25(2)33(41)37-8/h9-25H,1-8H3,(H-,36,37,40,41)/p+1. The molecule has 0 saturated carbocycles. The van der Waals surface area contributed by atoms with Crippen LogP contribution in [0, 0.1) is 0 Å². The Morgan fingerprint density at radius 1 is 0.780 bits per heavy atom. The normalized spacial score (nSPS) is 19.7. The Bertz CT molecular complexity index is 1490. The van der Waals surface area contributed by atoms with Gasteiger partial charge in [0.1, 0.15) is 6.04 Å². The highest BCUT2D eigenvalue weighted by atomic mass is 16.2. The summed E-state index contributed by atoms with van der Waals surface area (Å²) in [7, 11) is 3.35. The molecule has 6 nitrogen and oxygen atoms in total. The zero-order valence-corrected chi connectivity index (χ0v) is 25.5. The van der Waals surface area contributed by atoms with Gasteiger partial charge in [-0.05, 0) is 38.5 Å². The van der Waals surface area contributed by atoms with Gasteiger partial charge in [-0.2, -0.15) is 4.58 Å². The molecular formula is C35H43N4O2+. The maximum Gasteiger partial charge on any atom is 0.288 e. The summed E-state index contributed by atoms with van der Waals surface area (Å²) in [6.45, 7) is 12.7. The minimum atomic E-state index is -0.336. The summed E-state index contributed by atoms with van der Waals surface area (Å²) >= 11 is 0. The van der Waals surface area contributed by atoms with E-state index in [-0.39, 0.29) is 34.7 Å². The molecule has 2 amide bonds. The molecule has 0 fully saturated rings. The quantitative estimate of drug-likeness (QED) is 0.328. The Kier molecular flexibility index (Phi) is 8.52. The molecule has 2 heterocycles. The molecule has 0 spiro atoms. The molecule has 214 valence electrons. The number of amides is 2. The predicted molar refractivity (Wildman–Crippen MR) is 169 cm³/mol. The van der Waals surface area contributed by atoms with Crippen LogP contribution in [-0.4, -0.2) is 48.3 Å². The van der Waals surface area contributed by atoms with Gasteiger partial charge in [-0.25, -0.2) is 0 Å². The van der Waals surface area contributed by atoms with Gasteiger partial charge in [0.15, 0.2) is 5.71 Å². The van der Waals surface area contributed by atoms with E-state index in [4.69, 9.17) is 0 Å². The number of para-hydroxylation sites is 2. The second-order valence-electron chi connectivity index (χ2n) is 11.7. The van der Waals surface area contributed by atoms with Crippen LogP contribution >= 0.6 is 0 Å². The molecule has 0 aliphatic carbocycles. The maximum atomic E-state index is 12.6. The number of hydrogen-bond acceptors (Lipinski definition) is 3. The number of nitrogens with zero attached hydrogens (tertiary/aromatic N) is 2. The molecule has 2 aromatic carbocycles.